The summed E-state index contributed by atoms with van der Waals surface area (Å²) >= 11 is 0. The van der Waals surface area contributed by atoms with Crippen molar-refractivity contribution in [2.24, 2.45) is 0 Å². The van der Waals surface area contributed by atoms with E-state index in [4.69, 9.17) is 4.74 Å². The van der Waals surface area contributed by atoms with Crippen molar-refractivity contribution >= 4 is 19.9 Å². The van der Waals surface area contributed by atoms with E-state index in [2.05, 4.69) is 0 Å². The van der Waals surface area contributed by atoms with Crippen molar-refractivity contribution in [3.63, 3.8) is 0 Å². The summed E-state index contributed by atoms with van der Waals surface area (Å²) in [6.45, 7) is 1.85. The first-order valence-electron chi connectivity index (χ1n) is 8.20. The predicted molar refractivity (Wildman–Crippen MR) is 98.5 cm³/mol. The van der Waals surface area contributed by atoms with Crippen molar-refractivity contribution in [2.75, 3.05) is 20.2 Å². The molecule has 8 heteroatoms. The minimum absolute atomic E-state index is 0.0367. The molecule has 1 unspecified atom stereocenters. The highest BCUT2D eigenvalue weighted by atomic mass is 32.2. The number of ether oxygens (including phenoxy) is 1. The zero-order valence-electron chi connectivity index (χ0n) is 14.6. The molecule has 6 nitrogen and oxygen atoms in total. The molecule has 0 spiro atoms. The maximum Gasteiger partial charge on any atom is 0.243 e. The average molecular weight is 396 g/mol. The zero-order valence-corrected chi connectivity index (χ0v) is 16.3. The van der Waals surface area contributed by atoms with Gasteiger partial charge in [-0.05, 0) is 49.2 Å². The van der Waals surface area contributed by atoms with Crippen LogP contribution in [0.25, 0.3) is 0 Å². The summed E-state index contributed by atoms with van der Waals surface area (Å²) in [5.74, 6) is 0.576. The van der Waals surface area contributed by atoms with Crippen LogP contribution in [-0.2, 0) is 19.9 Å². The number of benzene rings is 2. The molecule has 0 amide bonds. The Morgan fingerprint density at radius 3 is 2.35 bits per heavy atom. The minimum Gasteiger partial charge on any atom is -0.497 e. The molecule has 2 aromatic carbocycles. The Morgan fingerprint density at radius 1 is 1.04 bits per heavy atom. The van der Waals surface area contributed by atoms with E-state index in [0.29, 0.717) is 11.3 Å². The Kier molecular flexibility index (Phi) is 5.09. The fourth-order valence-corrected chi connectivity index (χ4v) is 6.66. The van der Waals surface area contributed by atoms with E-state index in [0.717, 1.165) is 0 Å². The quantitative estimate of drug-likeness (QED) is 0.776. The summed E-state index contributed by atoms with van der Waals surface area (Å²) in [4.78, 5) is 0.404. The van der Waals surface area contributed by atoms with Crippen LogP contribution in [0.2, 0.25) is 0 Å². The van der Waals surface area contributed by atoms with Crippen molar-refractivity contribution in [3.8, 4) is 5.75 Å². The topological polar surface area (TPSA) is 80.8 Å². The van der Waals surface area contributed by atoms with Crippen LogP contribution in [0.1, 0.15) is 12.0 Å². The van der Waals surface area contributed by atoms with Crippen LogP contribution in [0.5, 0.6) is 5.75 Å². The fourth-order valence-electron chi connectivity index (χ4n) is 3.15. The lowest BCUT2D eigenvalue weighted by molar-refractivity contribution is 0.414. The number of methoxy groups -OCH3 is 1. The van der Waals surface area contributed by atoms with Crippen molar-refractivity contribution in [1.82, 2.24) is 4.31 Å². The van der Waals surface area contributed by atoms with Gasteiger partial charge in [-0.1, -0.05) is 18.2 Å². The first kappa shape index (κ1) is 18.9. The number of sulfone groups is 1. The molecule has 140 valence electrons. The van der Waals surface area contributed by atoms with E-state index in [-0.39, 0.29) is 29.3 Å². The van der Waals surface area contributed by atoms with Gasteiger partial charge >= 0.3 is 0 Å². The molecule has 2 aromatic rings. The molecule has 1 aliphatic heterocycles. The van der Waals surface area contributed by atoms with E-state index in [1.165, 1.54) is 17.5 Å². The van der Waals surface area contributed by atoms with Crippen LogP contribution in [0, 0.1) is 6.92 Å². The van der Waals surface area contributed by atoms with Gasteiger partial charge in [0.2, 0.25) is 10.0 Å². The van der Waals surface area contributed by atoms with Crippen LogP contribution >= 0.6 is 0 Å². The molecule has 0 N–H and O–H groups in total. The van der Waals surface area contributed by atoms with Gasteiger partial charge in [-0.15, -0.1) is 0 Å². The third kappa shape index (κ3) is 3.36. The van der Waals surface area contributed by atoms with Gasteiger partial charge < -0.3 is 4.74 Å². The van der Waals surface area contributed by atoms with Gasteiger partial charge in [-0.25, -0.2) is 16.8 Å². The molecule has 0 bridgehead atoms. The molecular formula is C18H21NO5S2. The molecule has 1 saturated heterocycles. The number of aryl methyl sites for hydroxylation is 1. The molecule has 1 atom stereocenters. The molecule has 1 aliphatic rings. The second-order valence-corrected chi connectivity index (χ2v) is 10.4. The molecule has 26 heavy (non-hydrogen) atoms. The van der Waals surface area contributed by atoms with E-state index >= 15 is 0 Å². The summed E-state index contributed by atoms with van der Waals surface area (Å²) in [5.41, 5.74) is 0.568. The van der Waals surface area contributed by atoms with Gasteiger partial charge in [0.05, 0.1) is 22.2 Å². The lowest BCUT2D eigenvalue weighted by Gasteiger charge is -2.18. The van der Waals surface area contributed by atoms with Gasteiger partial charge in [0.25, 0.3) is 0 Å². The summed E-state index contributed by atoms with van der Waals surface area (Å²) < 4.78 is 57.8. The van der Waals surface area contributed by atoms with Crippen LogP contribution in [-0.4, -0.2) is 46.6 Å². The number of nitrogens with zero attached hydrogens (tertiary/aromatic N) is 1. The van der Waals surface area contributed by atoms with Crippen molar-refractivity contribution in [3.05, 3.63) is 54.1 Å². The van der Waals surface area contributed by atoms with Crippen LogP contribution in [0.15, 0.2) is 58.3 Å². The predicted octanol–water partition coefficient (Wildman–Crippen LogP) is 2.24. The molecular weight excluding hydrogens is 374 g/mol. The summed E-state index contributed by atoms with van der Waals surface area (Å²) in [6, 6.07) is 12.9. The normalized spacial score (nSPS) is 18.8. The standard InChI is InChI=1S/C18H21NO5S2/c1-14-12-15(24-2)8-9-18(14)26(22,23)19-11-10-17(13-19)25(20,21)16-6-4-3-5-7-16/h3-9,12,17H,10-11,13H2,1-2H3. The molecule has 0 aliphatic carbocycles. The maximum atomic E-state index is 13.0. The highest BCUT2D eigenvalue weighted by molar-refractivity contribution is 7.92. The summed E-state index contributed by atoms with van der Waals surface area (Å²) in [5, 5.41) is -0.738. The number of rotatable bonds is 5. The molecule has 1 fully saturated rings. The molecule has 0 radical (unpaired) electrons. The van der Waals surface area contributed by atoms with E-state index in [1.54, 1.807) is 49.4 Å². The molecule has 0 saturated carbocycles. The number of hydrogen-bond donors (Lipinski definition) is 0. The zero-order chi connectivity index (χ0) is 18.9. The van der Waals surface area contributed by atoms with Gasteiger partial charge in [0.15, 0.2) is 9.84 Å². The molecule has 1 heterocycles. The largest absolute Gasteiger partial charge is 0.497 e. The van der Waals surface area contributed by atoms with E-state index in [1.807, 2.05) is 0 Å². The second-order valence-electron chi connectivity index (χ2n) is 6.26. The highest BCUT2D eigenvalue weighted by Gasteiger charge is 2.39. The lowest BCUT2D eigenvalue weighted by atomic mass is 10.2. The van der Waals surface area contributed by atoms with E-state index in [9.17, 15) is 16.8 Å². The number of sulfonamides is 1. The third-order valence-corrected chi connectivity index (χ3v) is 8.84. The second kappa shape index (κ2) is 7.02. The summed E-state index contributed by atoms with van der Waals surface area (Å²) in [7, 11) is -5.80. The Morgan fingerprint density at radius 2 is 1.73 bits per heavy atom. The van der Waals surface area contributed by atoms with Crippen LogP contribution in [0.4, 0.5) is 0 Å². The first-order valence-corrected chi connectivity index (χ1v) is 11.2. The van der Waals surface area contributed by atoms with Gasteiger partial charge in [0, 0.05) is 13.1 Å². The minimum atomic E-state index is -3.76. The molecule has 0 aromatic heterocycles. The van der Waals surface area contributed by atoms with Gasteiger partial charge in [0.1, 0.15) is 5.75 Å². The third-order valence-electron chi connectivity index (χ3n) is 4.62. The Balaban J connectivity index is 1.86. The van der Waals surface area contributed by atoms with E-state index < -0.39 is 25.1 Å². The van der Waals surface area contributed by atoms with Crippen molar-refractivity contribution in [1.29, 1.82) is 0 Å². The highest BCUT2D eigenvalue weighted by Crippen LogP contribution is 2.30. The van der Waals surface area contributed by atoms with Crippen LogP contribution in [0.3, 0.4) is 0 Å². The fraction of sp³-hybridized carbons (Fsp3) is 0.333. The van der Waals surface area contributed by atoms with Crippen LogP contribution < -0.4 is 4.74 Å². The van der Waals surface area contributed by atoms with Crippen molar-refractivity contribution in [2.45, 2.75) is 28.4 Å². The monoisotopic (exact) mass is 395 g/mol. The Hall–Kier alpha value is -1.90. The smallest absolute Gasteiger partial charge is 0.243 e. The van der Waals surface area contributed by atoms with Gasteiger partial charge in [-0.3, -0.25) is 0 Å². The Bertz CT molecular complexity index is 1000. The SMILES string of the molecule is COc1ccc(S(=O)(=O)N2CCC(S(=O)(=O)c3ccccc3)C2)c(C)c1. The number of hydrogen-bond acceptors (Lipinski definition) is 5. The van der Waals surface area contributed by atoms with Crippen molar-refractivity contribution < 1.29 is 21.6 Å². The lowest BCUT2D eigenvalue weighted by Crippen LogP contribution is -2.32. The average Bonchev–Trinajstić information content (AvgIpc) is 3.14. The van der Waals surface area contributed by atoms with Gasteiger partial charge in [-0.2, -0.15) is 4.31 Å². The first-order chi connectivity index (χ1) is 12.3. The Labute approximate surface area is 154 Å². The molecule has 3 rings (SSSR count). The maximum absolute atomic E-state index is 13.0. The summed E-state index contributed by atoms with van der Waals surface area (Å²) in [6.07, 6.45) is 0.283.